The van der Waals surface area contributed by atoms with Crippen LogP contribution in [0.15, 0.2) is 28.7 Å². The molecule has 1 aliphatic carbocycles. The van der Waals surface area contributed by atoms with Crippen LogP contribution in [-0.4, -0.2) is 11.9 Å². The van der Waals surface area contributed by atoms with Crippen LogP contribution in [0.3, 0.4) is 0 Å². The molecule has 1 nitrogen and oxygen atoms in total. The second-order valence-electron chi connectivity index (χ2n) is 5.27. The number of halogens is 2. The van der Waals surface area contributed by atoms with E-state index >= 15 is 0 Å². The van der Waals surface area contributed by atoms with Crippen molar-refractivity contribution in [1.82, 2.24) is 0 Å². The number of alkyl halides is 1. The fraction of sp³-hybridized carbons (Fsp3) is 0.600. The van der Waals surface area contributed by atoms with Crippen molar-refractivity contribution in [3.8, 4) is 5.75 Å². The van der Waals surface area contributed by atoms with E-state index in [-0.39, 0.29) is 0 Å². The van der Waals surface area contributed by atoms with E-state index in [1.807, 2.05) is 24.3 Å². The summed E-state index contributed by atoms with van der Waals surface area (Å²) >= 11 is 7.24. The van der Waals surface area contributed by atoms with E-state index in [2.05, 4.69) is 31.9 Å². The molecule has 0 heterocycles. The average Bonchev–Trinajstić information content (AvgIpc) is 2.64. The first kappa shape index (κ1) is 14.4. The van der Waals surface area contributed by atoms with Gasteiger partial charge in [-0.3, -0.25) is 0 Å². The van der Waals surface area contributed by atoms with Gasteiger partial charge in [-0.1, -0.05) is 53.7 Å². The molecule has 0 amide bonds. The van der Waals surface area contributed by atoms with Crippen LogP contribution >= 0.6 is 31.9 Å². The van der Waals surface area contributed by atoms with Gasteiger partial charge in [-0.25, -0.2) is 0 Å². The number of benzene rings is 1. The molecule has 1 aromatic carbocycles. The zero-order chi connectivity index (χ0) is 12.8. The summed E-state index contributed by atoms with van der Waals surface area (Å²) in [6.07, 6.45) is 7.99. The Morgan fingerprint density at radius 3 is 2.33 bits per heavy atom. The minimum Gasteiger partial charge on any atom is -0.492 e. The van der Waals surface area contributed by atoms with Crippen molar-refractivity contribution in [3.63, 3.8) is 0 Å². The van der Waals surface area contributed by atoms with Crippen LogP contribution < -0.4 is 4.74 Å². The Kier molecular flexibility index (Phi) is 5.56. The van der Waals surface area contributed by atoms with Crippen molar-refractivity contribution in [2.75, 3.05) is 11.9 Å². The van der Waals surface area contributed by atoms with Gasteiger partial charge >= 0.3 is 0 Å². The number of hydrogen-bond acceptors (Lipinski definition) is 1. The minimum atomic E-state index is 0.325. The predicted octanol–water partition coefficient (Wildman–Crippen LogP) is 5.56. The van der Waals surface area contributed by atoms with E-state index in [1.165, 1.54) is 38.5 Å². The van der Waals surface area contributed by atoms with Crippen LogP contribution in [0.2, 0.25) is 0 Å². The van der Waals surface area contributed by atoms with E-state index in [1.54, 1.807) is 0 Å². The number of rotatable bonds is 4. The lowest BCUT2D eigenvalue weighted by Gasteiger charge is -2.30. The van der Waals surface area contributed by atoms with Crippen LogP contribution in [0, 0.1) is 5.41 Å². The van der Waals surface area contributed by atoms with Gasteiger partial charge in [-0.15, -0.1) is 0 Å². The van der Waals surface area contributed by atoms with Crippen molar-refractivity contribution in [1.29, 1.82) is 0 Å². The molecule has 1 aliphatic rings. The SMILES string of the molecule is BrCC1(COc2ccccc2Br)CCCCCC1. The lowest BCUT2D eigenvalue weighted by molar-refractivity contribution is 0.148. The average molecular weight is 376 g/mol. The van der Waals surface area contributed by atoms with E-state index in [0.717, 1.165) is 22.2 Å². The molecule has 0 spiro atoms. The summed E-state index contributed by atoms with van der Waals surface area (Å²) in [6, 6.07) is 8.10. The standard InChI is InChI=1S/C15H20Br2O/c16-11-15(9-5-1-2-6-10-15)12-18-14-8-4-3-7-13(14)17/h3-4,7-8H,1-2,5-6,9-12H2. The zero-order valence-corrected chi connectivity index (χ0v) is 13.8. The molecule has 18 heavy (non-hydrogen) atoms. The zero-order valence-electron chi connectivity index (χ0n) is 10.6. The van der Waals surface area contributed by atoms with Crippen LogP contribution in [0.5, 0.6) is 5.75 Å². The molecule has 0 unspecified atom stereocenters. The van der Waals surface area contributed by atoms with Gasteiger partial charge in [0.15, 0.2) is 0 Å². The molecule has 2 rings (SSSR count). The molecular weight excluding hydrogens is 356 g/mol. The Hall–Kier alpha value is -0.0200. The maximum atomic E-state index is 6.05. The maximum absolute atomic E-state index is 6.05. The van der Waals surface area contributed by atoms with Crippen LogP contribution in [0.4, 0.5) is 0 Å². The molecule has 1 aromatic rings. The molecule has 1 saturated carbocycles. The van der Waals surface area contributed by atoms with E-state index < -0.39 is 0 Å². The van der Waals surface area contributed by atoms with E-state index in [4.69, 9.17) is 4.74 Å². The van der Waals surface area contributed by atoms with Gasteiger partial charge < -0.3 is 4.74 Å². The Balaban J connectivity index is 2.00. The molecule has 1 fully saturated rings. The number of para-hydroxylation sites is 1. The summed E-state index contributed by atoms with van der Waals surface area (Å²) < 4.78 is 7.09. The molecule has 0 saturated heterocycles. The topological polar surface area (TPSA) is 9.23 Å². The first-order valence-electron chi connectivity index (χ1n) is 6.69. The smallest absolute Gasteiger partial charge is 0.133 e. The third-order valence-electron chi connectivity index (χ3n) is 3.82. The van der Waals surface area contributed by atoms with Gasteiger partial charge in [0.2, 0.25) is 0 Å². The quantitative estimate of drug-likeness (QED) is 0.494. The number of hydrogen-bond donors (Lipinski definition) is 0. The summed E-state index contributed by atoms with van der Waals surface area (Å²) in [6.45, 7) is 0.820. The van der Waals surface area contributed by atoms with Crippen molar-refractivity contribution in [3.05, 3.63) is 28.7 Å². The molecule has 3 heteroatoms. The molecule has 0 aromatic heterocycles. The molecule has 100 valence electrons. The van der Waals surface area contributed by atoms with Crippen LogP contribution in [-0.2, 0) is 0 Å². The Morgan fingerprint density at radius 2 is 1.72 bits per heavy atom. The summed E-state index contributed by atoms with van der Waals surface area (Å²) in [5.74, 6) is 0.960. The molecule has 0 aliphatic heterocycles. The minimum absolute atomic E-state index is 0.325. The molecule has 0 N–H and O–H groups in total. The third kappa shape index (κ3) is 3.74. The monoisotopic (exact) mass is 374 g/mol. The van der Waals surface area contributed by atoms with Crippen molar-refractivity contribution < 1.29 is 4.74 Å². The Morgan fingerprint density at radius 1 is 1.06 bits per heavy atom. The highest BCUT2D eigenvalue weighted by molar-refractivity contribution is 9.10. The van der Waals surface area contributed by atoms with Gasteiger partial charge in [0.25, 0.3) is 0 Å². The number of ether oxygens (including phenoxy) is 1. The second-order valence-corrected chi connectivity index (χ2v) is 6.68. The van der Waals surface area contributed by atoms with Crippen LogP contribution in [0.25, 0.3) is 0 Å². The van der Waals surface area contributed by atoms with Crippen molar-refractivity contribution in [2.24, 2.45) is 5.41 Å². The summed E-state index contributed by atoms with van der Waals surface area (Å²) in [5.41, 5.74) is 0.325. The Bertz CT molecular complexity index is 371. The lowest BCUT2D eigenvalue weighted by atomic mass is 9.83. The van der Waals surface area contributed by atoms with Gasteiger partial charge in [-0.2, -0.15) is 0 Å². The maximum Gasteiger partial charge on any atom is 0.133 e. The van der Waals surface area contributed by atoms with Crippen molar-refractivity contribution in [2.45, 2.75) is 38.5 Å². The van der Waals surface area contributed by atoms with Gasteiger partial charge in [0, 0.05) is 10.7 Å². The van der Waals surface area contributed by atoms with E-state index in [9.17, 15) is 0 Å². The summed E-state index contributed by atoms with van der Waals surface area (Å²) in [4.78, 5) is 0. The molecular formula is C15H20Br2O. The molecule has 0 radical (unpaired) electrons. The fourth-order valence-corrected chi connectivity index (χ4v) is 3.71. The third-order valence-corrected chi connectivity index (χ3v) is 5.66. The molecule has 0 atom stereocenters. The van der Waals surface area contributed by atoms with Gasteiger partial charge in [0.05, 0.1) is 11.1 Å². The van der Waals surface area contributed by atoms with E-state index in [0.29, 0.717) is 5.41 Å². The normalized spacial score (nSPS) is 19.2. The largest absolute Gasteiger partial charge is 0.492 e. The van der Waals surface area contributed by atoms with Crippen molar-refractivity contribution >= 4 is 31.9 Å². The van der Waals surface area contributed by atoms with Gasteiger partial charge in [-0.05, 0) is 40.9 Å². The Labute approximate surface area is 127 Å². The summed E-state index contributed by atoms with van der Waals surface area (Å²) in [7, 11) is 0. The highest BCUT2D eigenvalue weighted by atomic mass is 79.9. The molecule has 0 bridgehead atoms. The fourth-order valence-electron chi connectivity index (χ4n) is 2.59. The highest BCUT2D eigenvalue weighted by Crippen LogP contribution is 2.38. The predicted molar refractivity (Wildman–Crippen MR) is 83.6 cm³/mol. The summed E-state index contributed by atoms with van der Waals surface area (Å²) in [5, 5.41) is 1.05. The lowest BCUT2D eigenvalue weighted by Crippen LogP contribution is -2.30. The second kappa shape index (κ2) is 6.95. The van der Waals surface area contributed by atoms with Crippen LogP contribution in [0.1, 0.15) is 38.5 Å². The highest BCUT2D eigenvalue weighted by Gasteiger charge is 2.30. The first-order chi connectivity index (χ1) is 8.76. The first-order valence-corrected chi connectivity index (χ1v) is 8.61. The van der Waals surface area contributed by atoms with Gasteiger partial charge in [0.1, 0.15) is 5.75 Å².